The van der Waals surface area contributed by atoms with Gasteiger partial charge in [0.15, 0.2) is 5.82 Å². The molecule has 22 heavy (non-hydrogen) atoms. The molecule has 0 bridgehead atoms. The number of carbonyl (C=O) groups excluding carboxylic acids is 1. The molecule has 0 aliphatic heterocycles. The van der Waals surface area contributed by atoms with Crippen LogP contribution in [-0.4, -0.2) is 39.9 Å². The zero-order valence-corrected chi connectivity index (χ0v) is 13.2. The van der Waals surface area contributed by atoms with Gasteiger partial charge in [-0.05, 0) is 13.0 Å². The van der Waals surface area contributed by atoms with Crippen LogP contribution in [0.2, 0.25) is 0 Å². The van der Waals surface area contributed by atoms with Crippen LogP contribution in [0.3, 0.4) is 0 Å². The minimum atomic E-state index is -0.260. The second kappa shape index (κ2) is 6.88. The number of anilines is 1. The van der Waals surface area contributed by atoms with Gasteiger partial charge >= 0.3 is 6.03 Å². The van der Waals surface area contributed by atoms with Gasteiger partial charge in [-0.1, -0.05) is 6.07 Å². The number of hydrogen-bond acceptors (Lipinski definition) is 5. The standard InChI is InChI=1S/C14H21N7O/c1-10(12-19-17-9-21(12)4)18-14(22)16-8-11-6-5-7-15-13(11)20(2)3/h5-7,9-10H,8H2,1-4H3,(H2,16,18,22)/t10-/m0/s1. The van der Waals surface area contributed by atoms with Crippen LogP contribution in [0.15, 0.2) is 24.7 Å². The number of aromatic nitrogens is 4. The first-order valence-electron chi connectivity index (χ1n) is 6.98. The second-order valence-electron chi connectivity index (χ2n) is 5.23. The number of pyridine rings is 1. The summed E-state index contributed by atoms with van der Waals surface area (Å²) in [7, 11) is 5.68. The maximum Gasteiger partial charge on any atom is 0.315 e. The van der Waals surface area contributed by atoms with E-state index in [9.17, 15) is 4.79 Å². The fourth-order valence-corrected chi connectivity index (χ4v) is 2.14. The summed E-state index contributed by atoms with van der Waals surface area (Å²) < 4.78 is 1.77. The zero-order chi connectivity index (χ0) is 16.1. The highest BCUT2D eigenvalue weighted by Crippen LogP contribution is 2.14. The molecule has 2 amide bonds. The summed E-state index contributed by atoms with van der Waals surface area (Å²) in [4.78, 5) is 18.2. The molecular formula is C14H21N7O. The van der Waals surface area contributed by atoms with Gasteiger partial charge in [0.05, 0.1) is 6.04 Å². The lowest BCUT2D eigenvalue weighted by molar-refractivity contribution is 0.237. The van der Waals surface area contributed by atoms with Crippen molar-refractivity contribution in [3.8, 4) is 0 Å². The number of amides is 2. The number of nitrogens with one attached hydrogen (secondary N) is 2. The van der Waals surface area contributed by atoms with Gasteiger partial charge in [-0.25, -0.2) is 9.78 Å². The molecule has 0 radical (unpaired) electrons. The summed E-state index contributed by atoms with van der Waals surface area (Å²) in [6.45, 7) is 2.26. The van der Waals surface area contributed by atoms with Crippen molar-refractivity contribution >= 4 is 11.8 Å². The topological polar surface area (TPSA) is 88.0 Å². The predicted molar refractivity (Wildman–Crippen MR) is 83.4 cm³/mol. The fourth-order valence-electron chi connectivity index (χ4n) is 2.14. The van der Waals surface area contributed by atoms with Crippen molar-refractivity contribution in [3.05, 3.63) is 36.0 Å². The van der Waals surface area contributed by atoms with E-state index >= 15 is 0 Å². The van der Waals surface area contributed by atoms with Crippen molar-refractivity contribution < 1.29 is 4.79 Å². The first-order chi connectivity index (χ1) is 10.5. The Morgan fingerprint density at radius 3 is 2.86 bits per heavy atom. The quantitative estimate of drug-likeness (QED) is 0.854. The molecule has 118 valence electrons. The highest BCUT2D eigenvalue weighted by molar-refractivity contribution is 5.74. The molecule has 0 saturated heterocycles. The van der Waals surface area contributed by atoms with Gasteiger partial charge in [-0.2, -0.15) is 0 Å². The molecule has 2 rings (SSSR count). The van der Waals surface area contributed by atoms with E-state index in [1.807, 2.05) is 45.1 Å². The summed E-state index contributed by atoms with van der Waals surface area (Å²) >= 11 is 0. The molecule has 0 fully saturated rings. The third-order valence-corrected chi connectivity index (χ3v) is 3.21. The van der Waals surface area contributed by atoms with Gasteiger partial charge in [-0.3, -0.25) is 0 Å². The first-order valence-corrected chi connectivity index (χ1v) is 6.98. The van der Waals surface area contributed by atoms with E-state index in [0.717, 1.165) is 11.4 Å². The van der Waals surface area contributed by atoms with Crippen molar-refractivity contribution in [2.24, 2.45) is 7.05 Å². The van der Waals surface area contributed by atoms with E-state index in [0.29, 0.717) is 12.4 Å². The van der Waals surface area contributed by atoms with Crippen LogP contribution in [0, 0.1) is 0 Å². The molecule has 0 aliphatic rings. The zero-order valence-electron chi connectivity index (χ0n) is 13.2. The maximum absolute atomic E-state index is 12.0. The molecule has 2 aromatic rings. The fraction of sp³-hybridized carbons (Fsp3) is 0.429. The molecule has 2 N–H and O–H groups in total. The smallest absolute Gasteiger partial charge is 0.315 e. The molecule has 8 heteroatoms. The first kappa shape index (κ1) is 15.7. The van der Waals surface area contributed by atoms with Gasteiger partial charge in [0.1, 0.15) is 12.1 Å². The van der Waals surface area contributed by atoms with Crippen molar-refractivity contribution in [1.29, 1.82) is 0 Å². The summed E-state index contributed by atoms with van der Waals surface area (Å²) in [6.07, 6.45) is 3.33. The van der Waals surface area contributed by atoms with Crippen molar-refractivity contribution in [2.45, 2.75) is 19.5 Å². The van der Waals surface area contributed by atoms with Gasteiger partial charge in [0.25, 0.3) is 0 Å². The molecule has 0 spiro atoms. The number of urea groups is 1. The predicted octanol–water partition coefficient (Wildman–Crippen LogP) is 0.836. The molecule has 0 unspecified atom stereocenters. The highest BCUT2D eigenvalue weighted by atomic mass is 16.2. The van der Waals surface area contributed by atoms with E-state index in [1.54, 1.807) is 17.1 Å². The Balaban J connectivity index is 1.92. The number of aryl methyl sites for hydroxylation is 1. The van der Waals surface area contributed by atoms with Crippen molar-refractivity contribution in [1.82, 2.24) is 30.4 Å². The van der Waals surface area contributed by atoms with Gasteiger partial charge in [0, 0.05) is 39.4 Å². The van der Waals surface area contributed by atoms with Crippen LogP contribution in [0.4, 0.5) is 10.6 Å². The number of nitrogens with zero attached hydrogens (tertiary/aromatic N) is 5. The molecule has 0 saturated carbocycles. The Morgan fingerprint density at radius 2 is 2.23 bits per heavy atom. The van der Waals surface area contributed by atoms with Crippen LogP contribution in [0.25, 0.3) is 0 Å². The summed E-state index contributed by atoms with van der Waals surface area (Å²) in [6, 6.07) is 3.30. The Bertz CT molecular complexity index is 638. The van der Waals surface area contributed by atoms with Crippen LogP contribution in [0.5, 0.6) is 0 Å². The Morgan fingerprint density at radius 1 is 1.45 bits per heavy atom. The average Bonchev–Trinajstić information content (AvgIpc) is 2.91. The van der Waals surface area contributed by atoms with Gasteiger partial charge in [0.2, 0.25) is 0 Å². The maximum atomic E-state index is 12.0. The monoisotopic (exact) mass is 303 g/mol. The highest BCUT2D eigenvalue weighted by Gasteiger charge is 2.14. The normalized spacial score (nSPS) is 11.8. The van der Waals surface area contributed by atoms with Crippen LogP contribution < -0.4 is 15.5 Å². The van der Waals surface area contributed by atoms with Gasteiger partial charge in [-0.15, -0.1) is 10.2 Å². The Labute approximate surface area is 129 Å². The van der Waals surface area contributed by atoms with Crippen LogP contribution in [0.1, 0.15) is 24.4 Å². The van der Waals surface area contributed by atoms with Gasteiger partial charge < -0.3 is 20.1 Å². The lowest BCUT2D eigenvalue weighted by atomic mass is 10.2. The Hall–Kier alpha value is -2.64. The minimum absolute atomic E-state index is 0.227. The summed E-state index contributed by atoms with van der Waals surface area (Å²) in [5.41, 5.74) is 0.953. The summed E-state index contributed by atoms with van der Waals surface area (Å²) in [5.74, 6) is 1.54. The number of carbonyl (C=O) groups is 1. The molecular weight excluding hydrogens is 282 g/mol. The van der Waals surface area contributed by atoms with E-state index < -0.39 is 0 Å². The largest absolute Gasteiger partial charge is 0.362 e. The summed E-state index contributed by atoms with van der Waals surface area (Å²) in [5, 5.41) is 13.4. The molecule has 0 aromatic carbocycles. The van der Waals surface area contributed by atoms with E-state index in [2.05, 4.69) is 25.8 Å². The lowest BCUT2D eigenvalue weighted by Crippen LogP contribution is -2.37. The number of hydrogen-bond donors (Lipinski definition) is 2. The average molecular weight is 303 g/mol. The molecule has 1 atom stereocenters. The minimum Gasteiger partial charge on any atom is -0.362 e. The molecule has 2 heterocycles. The lowest BCUT2D eigenvalue weighted by Gasteiger charge is -2.17. The molecule has 0 aliphatic carbocycles. The molecule has 8 nitrogen and oxygen atoms in total. The van der Waals surface area contributed by atoms with Crippen molar-refractivity contribution in [3.63, 3.8) is 0 Å². The van der Waals surface area contributed by atoms with E-state index in [1.165, 1.54) is 0 Å². The van der Waals surface area contributed by atoms with Crippen LogP contribution in [-0.2, 0) is 13.6 Å². The third kappa shape index (κ3) is 3.72. The van der Waals surface area contributed by atoms with Crippen molar-refractivity contribution in [2.75, 3.05) is 19.0 Å². The van der Waals surface area contributed by atoms with Crippen LogP contribution >= 0.6 is 0 Å². The second-order valence-corrected chi connectivity index (χ2v) is 5.23. The SMILES string of the molecule is C[C@H](NC(=O)NCc1cccnc1N(C)C)c1nncn1C. The van der Waals surface area contributed by atoms with E-state index in [4.69, 9.17) is 0 Å². The Kier molecular flexibility index (Phi) is 4.92. The van der Waals surface area contributed by atoms with E-state index in [-0.39, 0.29) is 12.1 Å². The third-order valence-electron chi connectivity index (χ3n) is 3.21. The number of rotatable bonds is 5. The molecule has 2 aromatic heterocycles.